The molecular weight excluding hydrogens is 250 g/mol. The van der Waals surface area contributed by atoms with Crippen molar-refractivity contribution >= 4 is 5.97 Å². The number of hydrogen-bond donors (Lipinski definition) is 1. The van der Waals surface area contributed by atoms with Crippen LogP contribution in [-0.4, -0.2) is 35.1 Å². The van der Waals surface area contributed by atoms with Crippen molar-refractivity contribution in [2.24, 2.45) is 5.41 Å². The topological polar surface area (TPSA) is 40.5 Å². The molecule has 1 unspecified atom stereocenters. The second-order valence-corrected chi connectivity index (χ2v) is 6.57. The van der Waals surface area contributed by atoms with E-state index < -0.39 is 11.4 Å². The van der Waals surface area contributed by atoms with Gasteiger partial charge in [-0.3, -0.25) is 4.79 Å². The minimum atomic E-state index is -0.574. The maximum absolute atomic E-state index is 11.6. The first-order valence-electron chi connectivity index (χ1n) is 8.53. The number of nitrogens with zero attached hydrogens (tertiary/aromatic N) is 1. The molecular formula is C17H33NO2. The monoisotopic (exact) mass is 283 g/mol. The molecule has 0 radical (unpaired) electrons. The van der Waals surface area contributed by atoms with Gasteiger partial charge in [-0.2, -0.15) is 0 Å². The lowest BCUT2D eigenvalue weighted by Crippen LogP contribution is -2.47. The molecule has 0 aromatic rings. The summed E-state index contributed by atoms with van der Waals surface area (Å²) < 4.78 is 0. The number of aliphatic carboxylic acids is 1. The van der Waals surface area contributed by atoms with Crippen LogP contribution in [-0.2, 0) is 4.79 Å². The highest BCUT2D eigenvalue weighted by Crippen LogP contribution is 2.37. The van der Waals surface area contributed by atoms with Crippen LogP contribution in [0.1, 0.15) is 78.6 Å². The molecule has 0 saturated carbocycles. The first-order valence-corrected chi connectivity index (χ1v) is 8.53. The predicted molar refractivity (Wildman–Crippen MR) is 84.0 cm³/mol. The number of carboxylic acid groups (broad SMARTS) is 1. The molecule has 0 spiro atoms. The van der Waals surface area contributed by atoms with Crippen LogP contribution in [0.5, 0.6) is 0 Å². The SMILES string of the molecule is CCCCCCC(C)N1CCC(CCC)(C(=O)O)CC1. The summed E-state index contributed by atoms with van der Waals surface area (Å²) >= 11 is 0. The van der Waals surface area contributed by atoms with E-state index in [1.165, 1.54) is 32.1 Å². The normalized spacial score (nSPS) is 20.8. The van der Waals surface area contributed by atoms with Crippen LogP contribution in [0.2, 0.25) is 0 Å². The Labute approximate surface area is 124 Å². The van der Waals surface area contributed by atoms with E-state index in [0.29, 0.717) is 6.04 Å². The molecule has 1 aliphatic heterocycles. The zero-order chi connectivity index (χ0) is 15.0. The average Bonchev–Trinajstić information content (AvgIpc) is 2.44. The van der Waals surface area contributed by atoms with Crippen molar-refractivity contribution in [3.8, 4) is 0 Å². The van der Waals surface area contributed by atoms with Crippen LogP contribution in [0.15, 0.2) is 0 Å². The number of carbonyl (C=O) groups is 1. The zero-order valence-corrected chi connectivity index (χ0v) is 13.7. The summed E-state index contributed by atoms with van der Waals surface area (Å²) in [6.07, 6.45) is 9.99. The number of likely N-dealkylation sites (tertiary alicyclic amines) is 1. The van der Waals surface area contributed by atoms with Gasteiger partial charge in [0.15, 0.2) is 0 Å². The standard InChI is InChI=1S/C17H33NO2/c1-4-6-7-8-9-15(3)18-13-11-17(10-5-2,12-14-18)16(19)20/h15H,4-14H2,1-3H3,(H,19,20). The van der Waals surface area contributed by atoms with E-state index in [2.05, 4.69) is 25.7 Å². The average molecular weight is 283 g/mol. The lowest BCUT2D eigenvalue weighted by atomic mass is 9.74. The van der Waals surface area contributed by atoms with Gasteiger partial charge in [0.05, 0.1) is 5.41 Å². The largest absolute Gasteiger partial charge is 0.481 e. The van der Waals surface area contributed by atoms with Crippen molar-refractivity contribution in [1.29, 1.82) is 0 Å². The van der Waals surface area contributed by atoms with Crippen molar-refractivity contribution < 1.29 is 9.90 Å². The molecule has 0 aromatic heterocycles. The quantitative estimate of drug-likeness (QED) is 0.641. The Morgan fingerprint density at radius 2 is 1.80 bits per heavy atom. The smallest absolute Gasteiger partial charge is 0.309 e. The molecule has 1 aliphatic rings. The molecule has 1 rings (SSSR count). The minimum Gasteiger partial charge on any atom is -0.481 e. The molecule has 0 aliphatic carbocycles. The maximum atomic E-state index is 11.6. The van der Waals surface area contributed by atoms with Crippen LogP contribution in [0.4, 0.5) is 0 Å². The predicted octanol–water partition coefficient (Wildman–Crippen LogP) is 4.31. The molecule has 3 heteroatoms. The number of unbranched alkanes of at least 4 members (excludes halogenated alkanes) is 3. The fourth-order valence-electron chi connectivity index (χ4n) is 3.49. The third kappa shape index (κ3) is 4.76. The summed E-state index contributed by atoms with van der Waals surface area (Å²) in [5.74, 6) is -0.574. The molecule has 1 N–H and O–H groups in total. The summed E-state index contributed by atoms with van der Waals surface area (Å²) in [5.41, 5.74) is -0.437. The maximum Gasteiger partial charge on any atom is 0.309 e. The number of hydrogen-bond acceptors (Lipinski definition) is 2. The molecule has 0 aromatic carbocycles. The third-order valence-electron chi connectivity index (χ3n) is 5.04. The summed E-state index contributed by atoms with van der Waals surface area (Å²) in [6.45, 7) is 8.56. The highest BCUT2D eigenvalue weighted by molar-refractivity contribution is 5.74. The summed E-state index contributed by atoms with van der Waals surface area (Å²) in [4.78, 5) is 14.1. The first kappa shape index (κ1) is 17.5. The van der Waals surface area contributed by atoms with Crippen molar-refractivity contribution in [3.63, 3.8) is 0 Å². The lowest BCUT2D eigenvalue weighted by molar-refractivity contribution is -0.153. The molecule has 0 bridgehead atoms. The minimum absolute atomic E-state index is 0.437. The van der Waals surface area contributed by atoms with Gasteiger partial charge in [-0.1, -0.05) is 46.0 Å². The van der Waals surface area contributed by atoms with Crippen LogP contribution in [0, 0.1) is 5.41 Å². The van der Waals surface area contributed by atoms with Gasteiger partial charge in [-0.15, -0.1) is 0 Å². The Morgan fingerprint density at radius 3 is 2.30 bits per heavy atom. The summed E-state index contributed by atoms with van der Waals surface area (Å²) in [7, 11) is 0. The second-order valence-electron chi connectivity index (χ2n) is 6.57. The lowest BCUT2D eigenvalue weighted by Gasteiger charge is -2.41. The van der Waals surface area contributed by atoms with Crippen molar-refractivity contribution in [1.82, 2.24) is 4.90 Å². The zero-order valence-electron chi connectivity index (χ0n) is 13.7. The van der Waals surface area contributed by atoms with E-state index in [0.717, 1.165) is 38.8 Å². The molecule has 118 valence electrons. The van der Waals surface area contributed by atoms with Crippen molar-refractivity contribution in [2.75, 3.05) is 13.1 Å². The molecule has 3 nitrogen and oxygen atoms in total. The van der Waals surface area contributed by atoms with Gasteiger partial charge in [0, 0.05) is 6.04 Å². The van der Waals surface area contributed by atoms with Gasteiger partial charge < -0.3 is 10.0 Å². The Bertz CT molecular complexity index is 283. The van der Waals surface area contributed by atoms with E-state index in [-0.39, 0.29) is 0 Å². The van der Waals surface area contributed by atoms with Gasteiger partial charge in [0.1, 0.15) is 0 Å². The van der Waals surface area contributed by atoms with E-state index in [4.69, 9.17) is 0 Å². The van der Waals surface area contributed by atoms with E-state index in [1.54, 1.807) is 0 Å². The highest BCUT2D eigenvalue weighted by Gasteiger charge is 2.41. The molecule has 1 saturated heterocycles. The molecule has 0 amide bonds. The van der Waals surface area contributed by atoms with E-state index >= 15 is 0 Å². The fourth-order valence-corrected chi connectivity index (χ4v) is 3.49. The molecule has 1 atom stereocenters. The van der Waals surface area contributed by atoms with Gasteiger partial charge in [-0.25, -0.2) is 0 Å². The van der Waals surface area contributed by atoms with Gasteiger partial charge in [-0.05, 0) is 45.7 Å². The Hall–Kier alpha value is -0.570. The van der Waals surface area contributed by atoms with Gasteiger partial charge in [0.2, 0.25) is 0 Å². The van der Waals surface area contributed by atoms with Crippen LogP contribution < -0.4 is 0 Å². The second kappa shape index (κ2) is 8.66. The summed E-state index contributed by atoms with van der Waals surface area (Å²) in [5, 5.41) is 9.53. The Balaban J connectivity index is 2.38. The van der Waals surface area contributed by atoms with Crippen molar-refractivity contribution in [2.45, 2.75) is 84.6 Å². The molecule has 20 heavy (non-hydrogen) atoms. The third-order valence-corrected chi connectivity index (χ3v) is 5.04. The number of rotatable bonds is 9. The van der Waals surface area contributed by atoms with E-state index in [9.17, 15) is 9.90 Å². The number of piperidine rings is 1. The molecule has 1 fully saturated rings. The molecule has 1 heterocycles. The highest BCUT2D eigenvalue weighted by atomic mass is 16.4. The summed E-state index contributed by atoms with van der Waals surface area (Å²) in [6, 6.07) is 0.611. The van der Waals surface area contributed by atoms with Gasteiger partial charge in [0.25, 0.3) is 0 Å². The first-order chi connectivity index (χ1) is 9.55. The van der Waals surface area contributed by atoms with Crippen LogP contribution >= 0.6 is 0 Å². The van der Waals surface area contributed by atoms with Gasteiger partial charge >= 0.3 is 5.97 Å². The Morgan fingerprint density at radius 1 is 1.15 bits per heavy atom. The van der Waals surface area contributed by atoms with Crippen molar-refractivity contribution in [3.05, 3.63) is 0 Å². The number of carboxylic acids is 1. The fraction of sp³-hybridized carbons (Fsp3) is 0.941. The van der Waals surface area contributed by atoms with Crippen LogP contribution in [0.25, 0.3) is 0 Å². The Kier molecular flexibility index (Phi) is 7.57. The van der Waals surface area contributed by atoms with Crippen LogP contribution in [0.3, 0.4) is 0 Å². The van der Waals surface area contributed by atoms with E-state index in [1.807, 2.05) is 0 Å².